The van der Waals surface area contributed by atoms with Crippen LogP contribution in [0.5, 0.6) is 0 Å². The number of carbonyl (C=O) groups excluding carboxylic acids is 1. The van der Waals surface area contributed by atoms with E-state index in [1.54, 1.807) is 60.7 Å². The van der Waals surface area contributed by atoms with Crippen LogP contribution in [0.15, 0.2) is 77.7 Å². The normalized spacial score (nSPS) is 11.9. The Bertz CT molecular complexity index is 1170. The summed E-state index contributed by atoms with van der Waals surface area (Å²) in [6.07, 6.45) is 1.54. The molecule has 0 unspecified atom stereocenters. The fourth-order valence-electron chi connectivity index (χ4n) is 2.63. The van der Waals surface area contributed by atoms with Gasteiger partial charge in [-0.25, -0.2) is 13.1 Å². The third-order valence-electron chi connectivity index (χ3n) is 4.15. The van der Waals surface area contributed by atoms with Crippen molar-refractivity contribution in [3.63, 3.8) is 0 Å². The molecule has 4 nitrogen and oxygen atoms in total. The van der Waals surface area contributed by atoms with Crippen LogP contribution in [-0.2, 0) is 14.8 Å². The third kappa shape index (κ3) is 5.26. The van der Waals surface area contributed by atoms with Crippen molar-refractivity contribution in [1.29, 1.82) is 0 Å². The number of carbonyl (C=O) groups is 1. The average molecular weight is 446 g/mol. The van der Waals surface area contributed by atoms with Gasteiger partial charge in [0, 0.05) is 15.6 Å². The van der Waals surface area contributed by atoms with E-state index in [-0.39, 0.29) is 10.5 Å². The first-order valence-corrected chi connectivity index (χ1v) is 10.9. The molecule has 0 bridgehead atoms. The van der Waals surface area contributed by atoms with Crippen molar-refractivity contribution < 1.29 is 13.2 Å². The van der Waals surface area contributed by atoms with Crippen molar-refractivity contribution in [3.8, 4) is 0 Å². The fraction of sp³-hybridized carbons (Fsp3) is 0.0455. The second-order valence-corrected chi connectivity index (χ2v) is 8.86. The van der Waals surface area contributed by atoms with E-state index in [9.17, 15) is 13.2 Å². The quantitative estimate of drug-likeness (QED) is 0.425. The summed E-state index contributed by atoms with van der Waals surface area (Å²) in [7, 11) is -4.03. The first kappa shape index (κ1) is 21.1. The van der Waals surface area contributed by atoms with Crippen LogP contribution in [-0.4, -0.2) is 14.3 Å². The van der Waals surface area contributed by atoms with Crippen molar-refractivity contribution in [1.82, 2.24) is 4.72 Å². The minimum atomic E-state index is -4.03. The molecule has 3 rings (SSSR count). The van der Waals surface area contributed by atoms with Crippen LogP contribution >= 0.6 is 23.2 Å². The maximum Gasteiger partial charge on any atom is 0.265 e. The van der Waals surface area contributed by atoms with Crippen LogP contribution < -0.4 is 4.72 Å². The minimum Gasteiger partial charge on any atom is -0.268 e. The first-order valence-electron chi connectivity index (χ1n) is 8.62. The van der Waals surface area contributed by atoms with Gasteiger partial charge in [-0.2, -0.15) is 0 Å². The Labute approximate surface area is 179 Å². The summed E-state index contributed by atoms with van der Waals surface area (Å²) in [5.74, 6) is -0.761. The summed E-state index contributed by atoms with van der Waals surface area (Å²) in [6, 6.07) is 19.8. The standard InChI is InChI=1S/C22H17Cl2NO3S/c1-15-7-11-19(12-8-15)29(27,28)25-22(26)20(16-5-3-2-4-6-16)13-17-9-10-18(23)14-21(17)24/h2-14H,1H3,(H,25,26)/b20-13+. The smallest absolute Gasteiger partial charge is 0.265 e. The molecule has 0 spiro atoms. The number of benzene rings is 3. The van der Waals surface area contributed by atoms with Gasteiger partial charge in [-0.05, 0) is 48.4 Å². The lowest BCUT2D eigenvalue weighted by molar-refractivity contribution is -0.113. The minimum absolute atomic E-state index is 0.00777. The van der Waals surface area contributed by atoms with Crippen molar-refractivity contribution in [3.05, 3.63) is 99.5 Å². The van der Waals surface area contributed by atoms with E-state index in [1.165, 1.54) is 18.2 Å². The van der Waals surface area contributed by atoms with Gasteiger partial charge in [0.1, 0.15) is 0 Å². The molecule has 3 aromatic carbocycles. The van der Waals surface area contributed by atoms with Crippen LogP contribution in [0.1, 0.15) is 16.7 Å². The molecule has 148 valence electrons. The predicted molar refractivity (Wildman–Crippen MR) is 117 cm³/mol. The van der Waals surface area contributed by atoms with E-state index in [1.807, 2.05) is 6.92 Å². The Hall–Kier alpha value is -2.60. The zero-order valence-electron chi connectivity index (χ0n) is 15.4. The highest BCUT2D eigenvalue weighted by molar-refractivity contribution is 7.90. The number of aryl methyl sites for hydroxylation is 1. The van der Waals surface area contributed by atoms with Gasteiger partial charge in [-0.3, -0.25) is 4.79 Å². The Morgan fingerprint density at radius 3 is 2.21 bits per heavy atom. The van der Waals surface area contributed by atoms with E-state index in [0.717, 1.165) is 5.56 Å². The van der Waals surface area contributed by atoms with E-state index in [0.29, 0.717) is 21.2 Å². The summed E-state index contributed by atoms with van der Waals surface area (Å²) >= 11 is 12.2. The van der Waals surface area contributed by atoms with E-state index in [2.05, 4.69) is 4.72 Å². The Morgan fingerprint density at radius 1 is 0.931 bits per heavy atom. The molecule has 3 aromatic rings. The monoisotopic (exact) mass is 445 g/mol. The molecule has 0 heterocycles. The van der Waals surface area contributed by atoms with Gasteiger partial charge in [-0.1, -0.05) is 77.3 Å². The second kappa shape index (κ2) is 8.82. The third-order valence-corrected chi connectivity index (χ3v) is 6.06. The maximum absolute atomic E-state index is 13.0. The fourth-order valence-corrected chi connectivity index (χ4v) is 4.05. The molecule has 0 saturated heterocycles. The summed E-state index contributed by atoms with van der Waals surface area (Å²) < 4.78 is 27.4. The molecule has 0 atom stereocenters. The largest absolute Gasteiger partial charge is 0.268 e. The van der Waals surface area contributed by atoms with Crippen LogP contribution in [0.25, 0.3) is 11.6 Å². The van der Waals surface area contributed by atoms with Crippen LogP contribution in [0.4, 0.5) is 0 Å². The molecule has 1 amide bonds. The van der Waals surface area contributed by atoms with Crippen LogP contribution in [0, 0.1) is 6.92 Å². The molecule has 29 heavy (non-hydrogen) atoms. The number of amides is 1. The van der Waals surface area contributed by atoms with Gasteiger partial charge in [0.25, 0.3) is 15.9 Å². The summed E-state index contributed by atoms with van der Waals surface area (Å²) in [5, 5.41) is 0.805. The van der Waals surface area contributed by atoms with Crippen molar-refractivity contribution in [2.45, 2.75) is 11.8 Å². The SMILES string of the molecule is Cc1ccc(S(=O)(=O)NC(=O)/C(=C/c2ccc(Cl)cc2Cl)c2ccccc2)cc1. The molecule has 0 aromatic heterocycles. The van der Waals surface area contributed by atoms with Gasteiger partial charge >= 0.3 is 0 Å². The molecule has 0 aliphatic heterocycles. The van der Waals surface area contributed by atoms with Crippen molar-refractivity contribution in [2.75, 3.05) is 0 Å². The van der Waals surface area contributed by atoms with Crippen molar-refractivity contribution >= 4 is 50.8 Å². The van der Waals surface area contributed by atoms with Crippen LogP contribution in [0.3, 0.4) is 0 Å². The average Bonchev–Trinajstić information content (AvgIpc) is 2.68. The summed E-state index contributed by atoms with van der Waals surface area (Å²) in [6.45, 7) is 1.85. The number of hydrogen-bond donors (Lipinski definition) is 1. The molecule has 0 aliphatic rings. The molecule has 1 N–H and O–H groups in total. The number of nitrogens with one attached hydrogen (secondary N) is 1. The van der Waals surface area contributed by atoms with Gasteiger partial charge in [-0.15, -0.1) is 0 Å². The zero-order valence-corrected chi connectivity index (χ0v) is 17.7. The topological polar surface area (TPSA) is 63.2 Å². The number of sulfonamides is 1. The number of halogens is 2. The van der Waals surface area contributed by atoms with Gasteiger partial charge in [0.2, 0.25) is 0 Å². The van der Waals surface area contributed by atoms with Gasteiger partial charge in [0.15, 0.2) is 0 Å². The van der Waals surface area contributed by atoms with E-state index >= 15 is 0 Å². The molecular formula is C22H17Cl2NO3S. The first-order chi connectivity index (χ1) is 13.8. The number of hydrogen-bond acceptors (Lipinski definition) is 3. The van der Waals surface area contributed by atoms with Crippen LogP contribution in [0.2, 0.25) is 10.0 Å². The Morgan fingerprint density at radius 2 is 1.59 bits per heavy atom. The van der Waals surface area contributed by atoms with E-state index < -0.39 is 15.9 Å². The van der Waals surface area contributed by atoms with Gasteiger partial charge in [0.05, 0.1) is 4.90 Å². The second-order valence-electron chi connectivity index (χ2n) is 6.34. The summed E-state index contributed by atoms with van der Waals surface area (Å²) in [4.78, 5) is 13.0. The molecule has 0 radical (unpaired) electrons. The highest BCUT2D eigenvalue weighted by atomic mass is 35.5. The van der Waals surface area contributed by atoms with Crippen molar-refractivity contribution in [2.24, 2.45) is 0 Å². The molecule has 0 fully saturated rings. The lowest BCUT2D eigenvalue weighted by Crippen LogP contribution is -2.31. The highest BCUT2D eigenvalue weighted by Gasteiger charge is 2.21. The molecule has 0 saturated carbocycles. The molecular weight excluding hydrogens is 429 g/mol. The number of rotatable bonds is 5. The van der Waals surface area contributed by atoms with E-state index in [4.69, 9.17) is 23.2 Å². The van der Waals surface area contributed by atoms with Gasteiger partial charge < -0.3 is 0 Å². The molecule has 0 aliphatic carbocycles. The Balaban J connectivity index is 2.01. The molecule has 7 heteroatoms. The zero-order chi connectivity index (χ0) is 21.0. The Kier molecular flexibility index (Phi) is 6.42. The summed E-state index contributed by atoms with van der Waals surface area (Å²) in [5.41, 5.74) is 2.16. The lowest BCUT2D eigenvalue weighted by Gasteiger charge is -2.11. The maximum atomic E-state index is 13.0. The predicted octanol–water partition coefficient (Wildman–Crippen LogP) is 5.35. The highest BCUT2D eigenvalue weighted by Crippen LogP contribution is 2.26. The lowest BCUT2D eigenvalue weighted by atomic mass is 10.0.